The normalized spacial score (nSPS) is 10.7. The Labute approximate surface area is 115 Å². The second kappa shape index (κ2) is 5.63. The van der Waals surface area contributed by atoms with Crippen LogP contribution in [0.1, 0.15) is 11.4 Å². The average molecular weight is 284 g/mol. The number of hydrogen-bond acceptors (Lipinski definition) is 4. The van der Waals surface area contributed by atoms with Crippen LogP contribution >= 0.6 is 23.4 Å². The molecule has 1 aromatic carbocycles. The lowest BCUT2D eigenvalue weighted by atomic mass is 10.2. The highest BCUT2D eigenvalue weighted by atomic mass is 35.5. The Bertz CT molecular complexity index is 556. The minimum atomic E-state index is 0.394. The van der Waals surface area contributed by atoms with Gasteiger partial charge in [0.15, 0.2) is 11.0 Å². The van der Waals surface area contributed by atoms with Crippen molar-refractivity contribution in [1.82, 2.24) is 14.8 Å². The van der Waals surface area contributed by atoms with E-state index < -0.39 is 0 Å². The van der Waals surface area contributed by atoms with Gasteiger partial charge in [0.05, 0.1) is 0 Å². The fraction of sp³-hybridized carbons (Fsp3) is 0.333. The molecule has 0 bridgehead atoms. The number of hydrogen-bond donors (Lipinski definition) is 0. The number of nitrogens with zero attached hydrogens (tertiary/aromatic N) is 3. The largest absolute Gasteiger partial charge is 0.486 e. The van der Waals surface area contributed by atoms with Gasteiger partial charge in [-0.3, -0.25) is 0 Å². The molecule has 2 aromatic rings. The summed E-state index contributed by atoms with van der Waals surface area (Å²) in [6.07, 6.45) is 1.97. The summed E-state index contributed by atoms with van der Waals surface area (Å²) in [5, 5.41) is 9.75. The van der Waals surface area contributed by atoms with Crippen LogP contribution in [0.3, 0.4) is 0 Å². The summed E-state index contributed by atoms with van der Waals surface area (Å²) >= 11 is 7.52. The van der Waals surface area contributed by atoms with Crippen LogP contribution in [-0.4, -0.2) is 21.0 Å². The minimum Gasteiger partial charge on any atom is -0.486 e. The van der Waals surface area contributed by atoms with E-state index in [1.165, 1.54) is 0 Å². The van der Waals surface area contributed by atoms with Gasteiger partial charge in [0.2, 0.25) is 0 Å². The molecule has 6 heteroatoms. The quantitative estimate of drug-likeness (QED) is 0.809. The van der Waals surface area contributed by atoms with E-state index in [4.69, 9.17) is 16.3 Å². The van der Waals surface area contributed by atoms with Crippen LogP contribution in [0, 0.1) is 6.92 Å². The van der Waals surface area contributed by atoms with Crippen molar-refractivity contribution in [3.8, 4) is 5.75 Å². The molecule has 0 saturated carbocycles. The number of rotatable bonds is 4. The number of ether oxygens (including phenoxy) is 1. The van der Waals surface area contributed by atoms with E-state index in [9.17, 15) is 0 Å². The van der Waals surface area contributed by atoms with Crippen LogP contribution in [0.15, 0.2) is 23.4 Å². The summed E-state index contributed by atoms with van der Waals surface area (Å²) in [4.78, 5) is 0. The SMILES string of the molecule is CSc1nnc(COc2ccc(Cl)c(C)c2)n1C. The van der Waals surface area contributed by atoms with Crippen LogP contribution < -0.4 is 4.74 Å². The van der Waals surface area contributed by atoms with Gasteiger partial charge in [-0.15, -0.1) is 10.2 Å². The van der Waals surface area contributed by atoms with Gasteiger partial charge in [-0.05, 0) is 36.9 Å². The number of aromatic nitrogens is 3. The molecule has 0 amide bonds. The Morgan fingerprint density at radius 1 is 1.39 bits per heavy atom. The third-order valence-corrected chi connectivity index (χ3v) is 3.75. The monoisotopic (exact) mass is 283 g/mol. The molecule has 1 aromatic heterocycles. The van der Waals surface area contributed by atoms with Crippen LogP contribution in [0.5, 0.6) is 5.75 Å². The van der Waals surface area contributed by atoms with E-state index in [0.717, 1.165) is 27.3 Å². The van der Waals surface area contributed by atoms with Gasteiger partial charge < -0.3 is 9.30 Å². The average Bonchev–Trinajstić information content (AvgIpc) is 2.72. The predicted molar refractivity (Wildman–Crippen MR) is 73.3 cm³/mol. The van der Waals surface area contributed by atoms with Crippen LogP contribution in [0.25, 0.3) is 0 Å². The topological polar surface area (TPSA) is 39.9 Å². The highest BCUT2D eigenvalue weighted by Gasteiger charge is 2.08. The first-order valence-electron chi connectivity index (χ1n) is 5.43. The van der Waals surface area contributed by atoms with Crippen LogP contribution in [0.2, 0.25) is 5.02 Å². The van der Waals surface area contributed by atoms with E-state index >= 15 is 0 Å². The third kappa shape index (κ3) is 2.79. The molecule has 0 aliphatic rings. The standard InChI is InChI=1S/C12H14ClN3OS/c1-8-6-9(4-5-10(8)13)17-7-11-14-15-12(18-3)16(11)2/h4-6H,7H2,1-3H3. The van der Waals surface area contributed by atoms with Crippen molar-refractivity contribution in [2.24, 2.45) is 7.05 Å². The number of thioether (sulfide) groups is 1. The Morgan fingerprint density at radius 2 is 2.17 bits per heavy atom. The van der Waals surface area contributed by atoms with Crippen molar-refractivity contribution in [3.63, 3.8) is 0 Å². The zero-order valence-corrected chi connectivity index (χ0v) is 12.0. The molecule has 0 aliphatic heterocycles. The van der Waals surface area contributed by atoms with Crippen LogP contribution in [0.4, 0.5) is 0 Å². The molecule has 0 aliphatic carbocycles. The van der Waals surface area contributed by atoms with E-state index in [0.29, 0.717) is 6.61 Å². The van der Waals surface area contributed by atoms with Crippen molar-refractivity contribution >= 4 is 23.4 Å². The third-order valence-electron chi connectivity index (χ3n) is 2.60. The number of aryl methyl sites for hydroxylation is 1. The molecular formula is C12H14ClN3OS. The highest BCUT2D eigenvalue weighted by Crippen LogP contribution is 2.22. The summed E-state index contributed by atoms with van der Waals surface area (Å²) in [7, 11) is 1.93. The molecular weight excluding hydrogens is 270 g/mol. The highest BCUT2D eigenvalue weighted by molar-refractivity contribution is 7.98. The Balaban J connectivity index is 2.06. The van der Waals surface area contributed by atoms with Gasteiger partial charge in [-0.2, -0.15) is 0 Å². The van der Waals surface area contributed by atoms with Crippen LogP contribution in [-0.2, 0) is 13.7 Å². The summed E-state index contributed by atoms with van der Waals surface area (Å²) in [6.45, 7) is 2.34. The number of halogens is 1. The maximum absolute atomic E-state index is 5.96. The zero-order chi connectivity index (χ0) is 13.1. The van der Waals surface area contributed by atoms with E-state index in [-0.39, 0.29) is 0 Å². The maximum Gasteiger partial charge on any atom is 0.190 e. The van der Waals surface area contributed by atoms with Gasteiger partial charge in [0.25, 0.3) is 0 Å². The van der Waals surface area contributed by atoms with Gasteiger partial charge >= 0.3 is 0 Å². The van der Waals surface area contributed by atoms with Gasteiger partial charge in [0.1, 0.15) is 12.4 Å². The lowest BCUT2D eigenvalue weighted by Gasteiger charge is -2.07. The summed E-state index contributed by atoms with van der Waals surface area (Å²) in [5.41, 5.74) is 0.997. The number of benzene rings is 1. The Hall–Kier alpha value is -1.20. The molecule has 0 saturated heterocycles. The molecule has 0 spiro atoms. The molecule has 1 heterocycles. The summed E-state index contributed by atoms with van der Waals surface area (Å²) < 4.78 is 7.60. The first-order valence-corrected chi connectivity index (χ1v) is 7.03. The summed E-state index contributed by atoms with van der Waals surface area (Å²) in [5.74, 6) is 1.58. The first-order chi connectivity index (χ1) is 8.61. The fourth-order valence-electron chi connectivity index (χ4n) is 1.50. The van der Waals surface area contributed by atoms with Crippen molar-refractivity contribution in [3.05, 3.63) is 34.6 Å². The Morgan fingerprint density at radius 3 is 2.78 bits per heavy atom. The van der Waals surface area contributed by atoms with Gasteiger partial charge in [-0.1, -0.05) is 23.4 Å². The molecule has 4 nitrogen and oxygen atoms in total. The van der Waals surface area contributed by atoms with Gasteiger partial charge in [-0.25, -0.2) is 0 Å². The first kappa shape index (κ1) is 13.2. The molecule has 0 fully saturated rings. The molecule has 2 rings (SSSR count). The minimum absolute atomic E-state index is 0.394. The van der Waals surface area contributed by atoms with Crippen molar-refractivity contribution in [1.29, 1.82) is 0 Å². The second-order valence-electron chi connectivity index (χ2n) is 3.86. The Kier molecular flexibility index (Phi) is 4.14. The van der Waals surface area contributed by atoms with Gasteiger partial charge in [0, 0.05) is 12.1 Å². The maximum atomic E-state index is 5.96. The van der Waals surface area contributed by atoms with Crippen molar-refractivity contribution < 1.29 is 4.74 Å². The van der Waals surface area contributed by atoms with Crippen molar-refractivity contribution in [2.45, 2.75) is 18.7 Å². The molecule has 0 atom stereocenters. The second-order valence-corrected chi connectivity index (χ2v) is 5.04. The lowest BCUT2D eigenvalue weighted by molar-refractivity contribution is 0.290. The molecule has 18 heavy (non-hydrogen) atoms. The lowest BCUT2D eigenvalue weighted by Crippen LogP contribution is -2.04. The summed E-state index contributed by atoms with van der Waals surface area (Å²) in [6, 6.07) is 5.59. The van der Waals surface area contributed by atoms with E-state index in [1.807, 2.05) is 43.0 Å². The molecule has 0 radical (unpaired) electrons. The molecule has 0 N–H and O–H groups in total. The van der Waals surface area contributed by atoms with E-state index in [1.54, 1.807) is 11.8 Å². The zero-order valence-electron chi connectivity index (χ0n) is 10.5. The smallest absolute Gasteiger partial charge is 0.190 e. The van der Waals surface area contributed by atoms with Crippen molar-refractivity contribution in [2.75, 3.05) is 6.26 Å². The van der Waals surface area contributed by atoms with E-state index in [2.05, 4.69) is 10.2 Å². The molecule has 0 unspecified atom stereocenters. The fourth-order valence-corrected chi connectivity index (χ4v) is 2.12. The predicted octanol–water partition coefficient (Wildman–Crippen LogP) is 3.08. The molecule has 96 valence electrons.